The fraction of sp³-hybridized carbons (Fsp3) is 0.615. The Hall–Kier alpha value is -0.960. The van der Waals surface area contributed by atoms with E-state index in [1.165, 1.54) is 4.31 Å². The van der Waals surface area contributed by atoms with Crippen molar-refractivity contribution in [2.24, 2.45) is 5.92 Å². The maximum absolute atomic E-state index is 12.7. The van der Waals surface area contributed by atoms with Gasteiger partial charge in [0.2, 0.25) is 10.0 Å². The smallest absolute Gasteiger partial charge is 0.347 e. The Balaban J connectivity index is 2.28. The molecule has 1 aromatic rings. The molecule has 1 aliphatic rings. The molecule has 1 aliphatic heterocycles. The monoisotopic (exact) mass is 333 g/mol. The standard InChI is InChI=1S/C13H19NO5S2/c1-8-7-20-11(13(16)17)12(8)21(18,19)14-5-3-10(4-6-14)9(2)15/h7,9-10,15H,3-6H2,1-2H3,(H,16,17). The van der Waals surface area contributed by atoms with E-state index in [2.05, 4.69) is 0 Å². The Labute approximate surface area is 128 Å². The lowest BCUT2D eigenvalue weighted by Gasteiger charge is -2.32. The molecule has 2 rings (SSSR count). The van der Waals surface area contributed by atoms with E-state index in [0.29, 0.717) is 31.5 Å². The summed E-state index contributed by atoms with van der Waals surface area (Å²) in [6.45, 7) is 3.94. The van der Waals surface area contributed by atoms with Crippen LogP contribution in [0.1, 0.15) is 35.0 Å². The molecule has 1 fully saturated rings. The summed E-state index contributed by atoms with van der Waals surface area (Å²) < 4.78 is 26.7. The van der Waals surface area contributed by atoms with Crippen LogP contribution >= 0.6 is 11.3 Å². The third-order valence-corrected chi connectivity index (χ3v) is 7.19. The number of piperidine rings is 1. The minimum absolute atomic E-state index is 0.0875. The molecule has 0 amide bonds. The highest BCUT2D eigenvalue weighted by molar-refractivity contribution is 7.89. The second kappa shape index (κ2) is 6.04. The SMILES string of the molecule is Cc1csc(C(=O)O)c1S(=O)(=O)N1CCC(C(C)O)CC1. The first kappa shape index (κ1) is 16.4. The van der Waals surface area contributed by atoms with Crippen molar-refractivity contribution >= 4 is 27.3 Å². The molecule has 118 valence electrons. The minimum Gasteiger partial charge on any atom is -0.477 e. The van der Waals surface area contributed by atoms with Gasteiger partial charge in [0.05, 0.1) is 6.10 Å². The van der Waals surface area contributed by atoms with Crippen LogP contribution in [-0.2, 0) is 10.0 Å². The molecule has 21 heavy (non-hydrogen) atoms. The van der Waals surface area contributed by atoms with Crippen LogP contribution in [0.25, 0.3) is 0 Å². The Morgan fingerprint density at radius 3 is 2.48 bits per heavy atom. The largest absolute Gasteiger partial charge is 0.477 e. The number of carbonyl (C=O) groups is 1. The summed E-state index contributed by atoms with van der Waals surface area (Å²) in [5, 5.41) is 20.3. The Morgan fingerprint density at radius 1 is 1.43 bits per heavy atom. The van der Waals surface area contributed by atoms with Gasteiger partial charge >= 0.3 is 5.97 Å². The molecule has 0 aromatic carbocycles. The van der Waals surface area contributed by atoms with Crippen molar-refractivity contribution in [1.29, 1.82) is 0 Å². The fourth-order valence-corrected chi connectivity index (χ4v) is 5.68. The zero-order chi connectivity index (χ0) is 15.8. The molecule has 1 unspecified atom stereocenters. The summed E-state index contributed by atoms with van der Waals surface area (Å²) in [5.74, 6) is -1.12. The van der Waals surface area contributed by atoms with E-state index in [-0.39, 0.29) is 15.7 Å². The fourth-order valence-electron chi connectivity index (χ4n) is 2.63. The third kappa shape index (κ3) is 3.13. The van der Waals surface area contributed by atoms with Gasteiger partial charge in [-0.05, 0) is 43.6 Å². The van der Waals surface area contributed by atoms with Gasteiger partial charge in [0.1, 0.15) is 9.77 Å². The number of thiophene rings is 1. The molecule has 0 aliphatic carbocycles. The number of nitrogens with zero attached hydrogens (tertiary/aromatic N) is 1. The zero-order valence-corrected chi connectivity index (χ0v) is 13.6. The van der Waals surface area contributed by atoms with E-state index < -0.39 is 22.1 Å². The van der Waals surface area contributed by atoms with Crippen molar-refractivity contribution in [2.45, 2.75) is 37.7 Å². The lowest BCUT2D eigenvalue weighted by molar-refractivity contribution is 0.0698. The molecule has 6 nitrogen and oxygen atoms in total. The van der Waals surface area contributed by atoms with Gasteiger partial charge < -0.3 is 10.2 Å². The molecular weight excluding hydrogens is 314 g/mol. The zero-order valence-electron chi connectivity index (χ0n) is 11.9. The first-order chi connectivity index (χ1) is 9.75. The highest BCUT2D eigenvalue weighted by Gasteiger charge is 2.35. The second-order valence-corrected chi connectivity index (χ2v) is 8.12. The van der Waals surface area contributed by atoms with Crippen LogP contribution in [0.15, 0.2) is 10.3 Å². The molecule has 2 heterocycles. The maximum Gasteiger partial charge on any atom is 0.347 e. The van der Waals surface area contributed by atoms with Crippen LogP contribution in [0.5, 0.6) is 0 Å². The highest BCUT2D eigenvalue weighted by atomic mass is 32.2. The van der Waals surface area contributed by atoms with Gasteiger partial charge in [0.25, 0.3) is 0 Å². The van der Waals surface area contributed by atoms with Crippen LogP contribution in [0.3, 0.4) is 0 Å². The molecule has 1 saturated heterocycles. The molecule has 0 spiro atoms. The Morgan fingerprint density at radius 2 is 2.00 bits per heavy atom. The average molecular weight is 333 g/mol. The van der Waals surface area contributed by atoms with Crippen molar-refractivity contribution in [3.8, 4) is 0 Å². The van der Waals surface area contributed by atoms with E-state index in [4.69, 9.17) is 5.11 Å². The summed E-state index contributed by atoms with van der Waals surface area (Å²) in [6, 6.07) is 0. The summed E-state index contributed by atoms with van der Waals surface area (Å²) in [4.78, 5) is 11.0. The van der Waals surface area contributed by atoms with E-state index in [1.807, 2.05) is 0 Å². The van der Waals surface area contributed by atoms with Gasteiger partial charge in [0.15, 0.2) is 0 Å². The number of aromatic carboxylic acids is 1. The van der Waals surface area contributed by atoms with Crippen LogP contribution in [0.2, 0.25) is 0 Å². The van der Waals surface area contributed by atoms with Gasteiger partial charge in [-0.15, -0.1) is 11.3 Å². The van der Waals surface area contributed by atoms with Crippen molar-refractivity contribution in [3.63, 3.8) is 0 Å². The van der Waals surface area contributed by atoms with Crippen LogP contribution < -0.4 is 0 Å². The van der Waals surface area contributed by atoms with E-state index in [0.717, 1.165) is 11.3 Å². The van der Waals surface area contributed by atoms with Crippen LogP contribution in [0.4, 0.5) is 0 Å². The van der Waals surface area contributed by atoms with Gasteiger partial charge in [-0.1, -0.05) is 0 Å². The molecule has 0 radical (unpaired) electrons. The number of aliphatic hydroxyl groups is 1. The van der Waals surface area contributed by atoms with E-state index in [9.17, 15) is 18.3 Å². The minimum atomic E-state index is -3.79. The molecule has 1 atom stereocenters. The van der Waals surface area contributed by atoms with Crippen LogP contribution in [-0.4, -0.2) is 48.1 Å². The second-order valence-electron chi connectivity index (χ2n) is 5.36. The Bertz CT molecular complexity index is 627. The van der Waals surface area contributed by atoms with E-state index in [1.54, 1.807) is 19.2 Å². The number of carboxylic acids is 1. The molecule has 1 aromatic heterocycles. The first-order valence-electron chi connectivity index (χ1n) is 6.74. The van der Waals surface area contributed by atoms with Crippen molar-refractivity contribution < 1.29 is 23.4 Å². The number of carboxylic acid groups (broad SMARTS) is 1. The van der Waals surface area contributed by atoms with E-state index >= 15 is 0 Å². The van der Waals surface area contributed by atoms with Crippen LogP contribution in [0, 0.1) is 12.8 Å². The Kier molecular flexibility index (Phi) is 4.72. The number of aliphatic hydroxyl groups excluding tert-OH is 1. The molecule has 8 heteroatoms. The summed E-state index contributed by atoms with van der Waals surface area (Å²) in [6.07, 6.45) is 0.720. The topological polar surface area (TPSA) is 94.9 Å². The summed E-state index contributed by atoms with van der Waals surface area (Å²) >= 11 is 0.935. The van der Waals surface area contributed by atoms with Gasteiger partial charge in [-0.3, -0.25) is 0 Å². The molecular formula is C13H19NO5S2. The van der Waals surface area contributed by atoms with Crippen molar-refractivity contribution in [3.05, 3.63) is 15.8 Å². The lowest BCUT2D eigenvalue weighted by Crippen LogP contribution is -2.41. The van der Waals surface area contributed by atoms with Crippen molar-refractivity contribution in [1.82, 2.24) is 4.31 Å². The predicted octanol–water partition coefficient (Wildman–Crippen LogP) is 1.54. The maximum atomic E-state index is 12.7. The third-order valence-electron chi connectivity index (χ3n) is 3.89. The predicted molar refractivity (Wildman–Crippen MR) is 79.2 cm³/mol. The summed E-state index contributed by atoms with van der Waals surface area (Å²) in [5.41, 5.74) is 0.468. The molecule has 2 N–H and O–H groups in total. The normalized spacial score (nSPS) is 19.6. The first-order valence-corrected chi connectivity index (χ1v) is 9.06. The lowest BCUT2D eigenvalue weighted by atomic mass is 9.93. The van der Waals surface area contributed by atoms with Gasteiger partial charge in [-0.25, -0.2) is 13.2 Å². The number of sulfonamides is 1. The van der Waals surface area contributed by atoms with Gasteiger partial charge in [-0.2, -0.15) is 4.31 Å². The summed E-state index contributed by atoms with van der Waals surface area (Å²) in [7, 11) is -3.79. The quantitative estimate of drug-likeness (QED) is 0.871. The highest BCUT2D eigenvalue weighted by Crippen LogP contribution is 2.32. The number of aryl methyl sites for hydroxylation is 1. The van der Waals surface area contributed by atoms with Gasteiger partial charge in [0, 0.05) is 13.1 Å². The number of rotatable bonds is 4. The number of hydrogen-bond donors (Lipinski definition) is 2. The van der Waals surface area contributed by atoms with Crippen molar-refractivity contribution in [2.75, 3.05) is 13.1 Å². The number of hydrogen-bond acceptors (Lipinski definition) is 5. The average Bonchev–Trinajstić information content (AvgIpc) is 2.81. The molecule has 0 saturated carbocycles. The molecule has 0 bridgehead atoms.